The summed E-state index contributed by atoms with van der Waals surface area (Å²) in [5, 5.41) is 14.3. The van der Waals surface area contributed by atoms with Gasteiger partial charge in [0.25, 0.3) is 0 Å². The zero-order chi connectivity index (χ0) is 13.0. The van der Waals surface area contributed by atoms with Crippen LogP contribution >= 0.6 is 0 Å². The largest absolute Gasteiger partial charge is 0.503 e. The van der Waals surface area contributed by atoms with Crippen molar-refractivity contribution in [2.45, 2.75) is 0 Å². The van der Waals surface area contributed by atoms with E-state index >= 15 is 0 Å². The molecule has 5 heteroatoms. The number of amides is 2. The summed E-state index contributed by atoms with van der Waals surface area (Å²) in [6, 6.07) is 12.1. The van der Waals surface area contributed by atoms with Crippen LogP contribution in [-0.2, 0) is 0 Å². The van der Waals surface area contributed by atoms with Gasteiger partial charge in [-0.3, -0.25) is 0 Å². The van der Waals surface area contributed by atoms with Gasteiger partial charge >= 0.3 is 6.03 Å². The highest BCUT2D eigenvalue weighted by Gasteiger charge is 2.09. The molecule has 2 amide bonds. The summed E-state index contributed by atoms with van der Waals surface area (Å²) in [7, 11) is 0. The summed E-state index contributed by atoms with van der Waals surface area (Å²) in [5.74, 6) is -1.37. The number of anilines is 2. The molecule has 0 atom stereocenters. The Morgan fingerprint density at radius 2 is 1.72 bits per heavy atom. The molecular formula is C13H11FN2O2. The number of nitrogens with one attached hydrogen (secondary N) is 2. The van der Waals surface area contributed by atoms with E-state index in [0.717, 1.165) is 6.07 Å². The van der Waals surface area contributed by atoms with Gasteiger partial charge in [0.1, 0.15) is 0 Å². The van der Waals surface area contributed by atoms with E-state index in [2.05, 4.69) is 10.6 Å². The van der Waals surface area contributed by atoms with Gasteiger partial charge in [-0.15, -0.1) is 0 Å². The average Bonchev–Trinajstić information content (AvgIpc) is 2.36. The van der Waals surface area contributed by atoms with Gasteiger partial charge in [0.2, 0.25) is 0 Å². The molecule has 0 unspecified atom stereocenters. The highest BCUT2D eigenvalue weighted by atomic mass is 19.1. The minimum absolute atomic E-state index is 0.0171. The number of para-hydroxylation sites is 2. The lowest BCUT2D eigenvalue weighted by atomic mass is 10.3. The Balaban J connectivity index is 2.06. The molecule has 0 spiro atoms. The van der Waals surface area contributed by atoms with Gasteiger partial charge in [0.15, 0.2) is 11.6 Å². The summed E-state index contributed by atoms with van der Waals surface area (Å²) < 4.78 is 13.0. The molecule has 0 aliphatic carbocycles. The molecule has 0 radical (unpaired) electrons. The quantitative estimate of drug-likeness (QED) is 0.713. The number of benzene rings is 2. The lowest BCUT2D eigenvalue weighted by molar-refractivity contribution is 0.262. The van der Waals surface area contributed by atoms with E-state index in [0.29, 0.717) is 5.69 Å². The van der Waals surface area contributed by atoms with Gasteiger partial charge in [-0.05, 0) is 24.3 Å². The van der Waals surface area contributed by atoms with Crippen LogP contribution in [0.1, 0.15) is 0 Å². The zero-order valence-corrected chi connectivity index (χ0v) is 9.35. The predicted octanol–water partition coefficient (Wildman–Crippen LogP) is 3.18. The fraction of sp³-hybridized carbons (Fsp3) is 0. The van der Waals surface area contributed by atoms with Crippen molar-refractivity contribution in [3.8, 4) is 5.75 Å². The Morgan fingerprint density at radius 3 is 2.44 bits per heavy atom. The van der Waals surface area contributed by atoms with Crippen LogP contribution in [0.3, 0.4) is 0 Å². The number of rotatable bonds is 2. The molecule has 2 aromatic carbocycles. The van der Waals surface area contributed by atoms with Crippen LogP contribution in [-0.4, -0.2) is 11.1 Å². The topological polar surface area (TPSA) is 61.4 Å². The molecule has 0 fully saturated rings. The monoisotopic (exact) mass is 246 g/mol. The number of phenolic OH excluding ortho intramolecular Hbond substituents is 1. The van der Waals surface area contributed by atoms with Crippen molar-refractivity contribution in [1.29, 1.82) is 0 Å². The standard InChI is InChI=1S/C13H11FN2O2/c14-10-7-4-8-11(12(10)17)16-13(18)15-9-5-2-1-3-6-9/h1-8,17H,(H2,15,16,18). The number of hydrogen-bond acceptors (Lipinski definition) is 2. The van der Waals surface area contributed by atoms with E-state index in [1.54, 1.807) is 24.3 Å². The van der Waals surface area contributed by atoms with Gasteiger partial charge in [0, 0.05) is 5.69 Å². The first-order valence-electron chi connectivity index (χ1n) is 5.27. The molecule has 0 heterocycles. The van der Waals surface area contributed by atoms with Crippen LogP contribution in [0.2, 0.25) is 0 Å². The number of halogens is 1. The second-order valence-electron chi connectivity index (χ2n) is 3.58. The van der Waals surface area contributed by atoms with Crippen molar-refractivity contribution in [3.63, 3.8) is 0 Å². The maximum Gasteiger partial charge on any atom is 0.323 e. The van der Waals surface area contributed by atoms with E-state index < -0.39 is 17.6 Å². The number of phenols is 1. The Kier molecular flexibility index (Phi) is 3.43. The van der Waals surface area contributed by atoms with Crippen LogP contribution in [0.4, 0.5) is 20.6 Å². The van der Waals surface area contributed by atoms with Crippen LogP contribution in [0.15, 0.2) is 48.5 Å². The normalized spacial score (nSPS) is 9.83. The number of carbonyl (C=O) groups is 1. The maximum atomic E-state index is 13.0. The summed E-state index contributed by atoms with van der Waals surface area (Å²) in [6.07, 6.45) is 0. The van der Waals surface area contributed by atoms with Crippen molar-refractivity contribution in [3.05, 3.63) is 54.3 Å². The number of urea groups is 1. The fourth-order valence-electron chi connectivity index (χ4n) is 1.42. The molecule has 18 heavy (non-hydrogen) atoms. The lowest BCUT2D eigenvalue weighted by Crippen LogP contribution is -2.19. The third kappa shape index (κ3) is 2.76. The van der Waals surface area contributed by atoms with Crippen molar-refractivity contribution >= 4 is 17.4 Å². The predicted molar refractivity (Wildman–Crippen MR) is 67.1 cm³/mol. The molecule has 0 bridgehead atoms. The number of carbonyl (C=O) groups excluding carboxylic acids is 1. The molecule has 0 aliphatic rings. The molecule has 0 saturated heterocycles. The Bertz CT molecular complexity index is 558. The van der Waals surface area contributed by atoms with Gasteiger partial charge in [-0.25, -0.2) is 9.18 Å². The van der Waals surface area contributed by atoms with Crippen molar-refractivity contribution in [2.75, 3.05) is 10.6 Å². The fourth-order valence-corrected chi connectivity index (χ4v) is 1.42. The van der Waals surface area contributed by atoms with E-state index in [9.17, 15) is 14.3 Å². The van der Waals surface area contributed by atoms with Crippen LogP contribution in [0.5, 0.6) is 5.75 Å². The highest BCUT2D eigenvalue weighted by molar-refractivity contribution is 6.00. The van der Waals surface area contributed by atoms with Crippen molar-refractivity contribution in [1.82, 2.24) is 0 Å². The minimum Gasteiger partial charge on any atom is -0.503 e. The Morgan fingerprint density at radius 1 is 1.00 bits per heavy atom. The Hall–Kier alpha value is -2.56. The first-order chi connectivity index (χ1) is 8.66. The van der Waals surface area contributed by atoms with Crippen LogP contribution in [0, 0.1) is 5.82 Å². The van der Waals surface area contributed by atoms with E-state index in [1.807, 2.05) is 6.07 Å². The molecule has 0 saturated carbocycles. The molecule has 0 aromatic heterocycles. The summed E-state index contributed by atoms with van der Waals surface area (Å²) in [5.41, 5.74) is 0.620. The third-order valence-electron chi connectivity index (χ3n) is 2.27. The highest BCUT2D eigenvalue weighted by Crippen LogP contribution is 2.25. The zero-order valence-electron chi connectivity index (χ0n) is 9.35. The van der Waals surface area contributed by atoms with Gasteiger partial charge in [-0.2, -0.15) is 0 Å². The number of aromatic hydroxyl groups is 1. The summed E-state index contributed by atoms with van der Waals surface area (Å²) in [6.45, 7) is 0. The minimum atomic E-state index is -0.785. The molecule has 3 N–H and O–H groups in total. The second kappa shape index (κ2) is 5.18. The second-order valence-corrected chi connectivity index (χ2v) is 3.58. The van der Waals surface area contributed by atoms with Crippen molar-refractivity contribution in [2.24, 2.45) is 0 Å². The van der Waals surface area contributed by atoms with Crippen LogP contribution < -0.4 is 10.6 Å². The molecule has 2 rings (SSSR count). The van der Waals surface area contributed by atoms with E-state index in [-0.39, 0.29) is 5.69 Å². The molecule has 4 nitrogen and oxygen atoms in total. The lowest BCUT2D eigenvalue weighted by Gasteiger charge is -2.09. The first kappa shape index (κ1) is 11.9. The van der Waals surface area contributed by atoms with E-state index in [1.165, 1.54) is 12.1 Å². The van der Waals surface area contributed by atoms with Crippen molar-refractivity contribution < 1.29 is 14.3 Å². The van der Waals surface area contributed by atoms with Crippen LogP contribution in [0.25, 0.3) is 0 Å². The SMILES string of the molecule is O=C(Nc1ccccc1)Nc1cccc(F)c1O. The molecule has 0 aliphatic heterocycles. The first-order valence-corrected chi connectivity index (χ1v) is 5.27. The smallest absolute Gasteiger partial charge is 0.323 e. The number of hydrogen-bond donors (Lipinski definition) is 3. The van der Waals surface area contributed by atoms with Gasteiger partial charge in [-0.1, -0.05) is 24.3 Å². The summed E-state index contributed by atoms with van der Waals surface area (Å²) >= 11 is 0. The Labute approximate surface area is 103 Å². The molecule has 92 valence electrons. The maximum absolute atomic E-state index is 13.0. The summed E-state index contributed by atoms with van der Waals surface area (Å²) in [4.78, 5) is 11.6. The molecular weight excluding hydrogens is 235 g/mol. The van der Waals surface area contributed by atoms with Gasteiger partial charge < -0.3 is 15.7 Å². The van der Waals surface area contributed by atoms with Gasteiger partial charge in [0.05, 0.1) is 5.69 Å². The third-order valence-corrected chi connectivity index (χ3v) is 2.27. The van der Waals surface area contributed by atoms with E-state index in [4.69, 9.17) is 0 Å². The average molecular weight is 246 g/mol. The molecule has 2 aromatic rings.